The lowest BCUT2D eigenvalue weighted by Crippen LogP contribution is -2.46. The van der Waals surface area contributed by atoms with E-state index in [1.807, 2.05) is 0 Å². The number of ether oxygens (including phenoxy) is 2. The Morgan fingerprint density at radius 1 is 1.00 bits per heavy atom. The Labute approximate surface area is 177 Å². The molecule has 0 aromatic heterocycles. The van der Waals surface area contributed by atoms with E-state index in [1.54, 1.807) is 24.3 Å². The number of halogens is 4. The molecule has 6 nitrogen and oxygen atoms in total. The summed E-state index contributed by atoms with van der Waals surface area (Å²) in [5.41, 5.74) is -2.40. The summed E-state index contributed by atoms with van der Waals surface area (Å²) in [6.07, 6.45) is -3.19. The molecule has 1 aromatic carbocycles. The van der Waals surface area contributed by atoms with Gasteiger partial charge in [0, 0.05) is 17.1 Å². The lowest BCUT2D eigenvalue weighted by Gasteiger charge is -2.28. The van der Waals surface area contributed by atoms with Crippen molar-refractivity contribution >= 4 is 23.4 Å². The molecule has 10 heteroatoms. The van der Waals surface area contributed by atoms with Gasteiger partial charge in [0.25, 0.3) is 5.91 Å². The molecule has 2 saturated carbocycles. The fourth-order valence-electron chi connectivity index (χ4n) is 3.62. The molecule has 0 saturated heterocycles. The largest absolute Gasteiger partial charge is 0.484 e. The van der Waals surface area contributed by atoms with Gasteiger partial charge < -0.3 is 20.1 Å². The van der Waals surface area contributed by atoms with Crippen molar-refractivity contribution < 1.29 is 32.2 Å². The Morgan fingerprint density at radius 3 is 2.07 bits per heavy atom. The number of amides is 2. The van der Waals surface area contributed by atoms with Crippen molar-refractivity contribution in [2.24, 2.45) is 11.8 Å². The third-order valence-corrected chi connectivity index (χ3v) is 5.81. The fourth-order valence-corrected chi connectivity index (χ4v) is 3.75. The molecule has 2 fully saturated rings. The van der Waals surface area contributed by atoms with Crippen LogP contribution in [0.2, 0.25) is 5.02 Å². The summed E-state index contributed by atoms with van der Waals surface area (Å²) in [4.78, 5) is 24.2. The van der Waals surface area contributed by atoms with Gasteiger partial charge in [-0.15, -0.1) is 0 Å². The van der Waals surface area contributed by atoms with Gasteiger partial charge in [-0.25, -0.2) is 0 Å². The number of hydrogen-bond donors (Lipinski definition) is 2. The molecule has 4 unspecified atom stereocenters. The van der Waals surface area contributed by atoms with Gasteiger partial charge >= 0.3 is 6.18 Å². The number of carbonyl (C=O) groups is 2. The fraction of sp³-hybridized carbons (Fsp3) is 0.600. The van der Waals surface area contributed by atoms with E-state index >= 15 is 0 Å². The van der Waals surface area contributed by atoms with Crippen LogP contribution in [0, 0.1) is 11.8 Å². The number of rotatable bonds is 8. The van der Waals surface area contributed by atoms with Gasteiger partial charge in [-0.2, -0.15) is 13.2 Å². The van der Waals surface area contributed by atoms with E-state index in [2.05, 4.69) is 10.6 Å². The first kappa shape index (κ1) is 22.7. The molecule has 0 aliphatic heterocycles. The molecule has 0 radical (unpaired) electrons. The molecule has 2 aliphatic rings. The average molecular weight is 449 g/mol. The van der Waals surface area contributed by atoms with Crippen LogP contribution in [0.3, 0.4) is 0 Å². The minimum atomic E-state index is -4.56. The predicted octanol–water partition coefficient (Wildman–Crippen LogP) is 3.09. The van der Waals surface area contributed by atoms with Crippen LogP contribution < -0.4 is 15.4 Å². The molecule has 0 bridgehead atoms. The molecule has 3 rings (SSSR count). The maximum Gasteiger partial charge on any atom is 0.416 e. The first-order valence-corrected chi connectivity index (χ1v) is 10.0. The summed E-state index contributed by atoms with van der Waals surface area (Å²) in [6.45, 7) is 0.939. The minimum Gasteiger partial charge on any atom is -0.484 e. The van der Waals surface area contributed by atoms with Crippen molar-refractivity contribution in [2.45, 2.75) is 50.6 Å². The topological polar surface area (TPSA) is 76.7 Å². The summed E-state index contributed by atoms with van der Waals surface area (Å²) in [5, 5.41) is 6.21. The van der Waals surface area contributed by atoms with E-state index in [0.29, 0.717) is 17.2 Å². The van der Waals surface area contributed by atoms with Crippen LogP contribution in [-0.4, -0.2) is 48.9 Å². The SMILES string of the molecule is CC(C)(OCC(=O)NC1CC(NC(=O)COc2ccc(Cl)cc2)C2CC12)C(F)(F)F. The van der Waals surface area contributed by atoms with E-state index < -0.39 is 24.3 Å². The summed E-state index contributed by atoms with van der Waals surface area (Å²) in [7, 11) is 0. The van der Waals surface area contributed by atoms with E-state index in [1.165, 1.54) is 0 Å². The standard InChI is InChI=1S/C20H24ClF3N2O4/c1-19(2,20(22,23)24)30-10-18(28)26-16-8-15(13-7-14(13)16)25-17(27)9-29-12-5-3-11(21)4-6-12/h3-6,13-16H,7-10H2,1-2H3,(H,25,27)(H,26,28). The maximum absolute atomic E-state index is 12.8. The molecule has 0 heterocycles. The summed E-state index contributed by atoms with van der Waals surface area (Å²) < 4.78 is 48.6. The molecule has 1 aromatic rings. The number of hydrogen-bond acceptors (Lipinski definition) is 4. The van der Waals surface area contributed by atoms with Crippen LogP contribution in [-0.2, 0) is 14.3 Å². The zero-order valence-electron chi connectivity index (χ0n) is 16.6. The first-order valence-electron chi connectivity index (χ1n) is 9.64. The second kappa shape index (κ2) is 8.63. The van der Waals surface area contributed by atoms with Gasteiger partial charge in [-0.1, -0.05) is 11.6 Å². The van der Waals surface area contributed by atoms with Crippen LogP contribution in [0.25, 0.3) is 0 Å². The van der Waals surface area contributed by atoms with Gasteiger partial charge in [0.2, 0.25) is 5.91 Å². The van der Waals surface area contributed by atoms with Crippen molar-refractivity contribution in [1.29, 1.82) is 0 Å². The molecule has 2 aliphatic carbocycles. The van der Waals surface area contributed by atoms with Crippen molar-refractivity contribution in [3.63, 3.8) is 0 Å². The highest BCUT2D eigenvalue weighted by atomic mass is 35.5. The molecular weight excluding hydrogens is 425 g/mol. The molecule has 166 valence electrons. The van der Waals surface area contributed by atoms with Crippen LogP contribution in [0.1, 0.15) is 26.7 Å². The van der Waals surface area contributed by atoms with E-state index in [-0.39, 0.29) is 36.4 Å². The molecule has 2 N–H and O–H groups in total. The van der Waals surface area contributed by atoms with Gasteiger partial charge in [0.05, 0.1) is 0 Å². The van der Waals surface area contributed by atoms with Crippen molar-refractivity contribution in [3.8, 4) is 5.75 Å². The molecule has 2 amide bonds. The monoisotopic (exact) mass is 448 g/mol. The molecule has 30 heavy (non-hydrogen) atoms. The van der Waals surface area contributed by atoms with Crippen molar-refractivity contribution in [2.75, 3.05) is 13.2 Å². The maximum atomic E-state index is 12.8. The van der Waals surface area contributed by atoms with Gasteiger partial charge in [0.1, 0.15) is 12.4 Å². The molecule has 0 spiro atoms. The summed E-state index contributed by atoms with van der Waals surface area (Å²) in [5.74, 6) is 0.121. The highest BCUT2D eigenvalue weighted by Gasteiger charge is 2.55. The Morgan fingerprint density at radius 2 is 1.53 bits per heavy atom. The summed E-state index contributed by atoms with van der Waals surface area (Å²) in [6, 6.07) is 6.35. The van der Waals surface area contributed by atoms with E-state index in [0.717, 1.165) is 20.3 Å². The third kappa shape index (κ3) is 5.57. The zero-order valence-corrected chi connectivity index (χ0v) is 17.3. The highest BCUT2D eigenvalue weighted by molar-refractivity contribution is 6.30. The summed E-state index contributed by atoms with van der Waals surface area (Å²) >= 11 is 5.80. The lowest BCUT2D eigenvalue weighted by atomic mass is 10.1. The van der Waals surface area contributed by atoms with Gasteiger partial charge in [0.15, 0.2) is 12.2 Å². The second-order valence-electron chi connectivity index (χ2n) is 8.19. The zero-order chi connectivity index (χ0) is 22.1. The Balaban J connectivity index is 1.40. The minimum absolute atomic E-state index is 0.103. The van der Waals surface area contributed by atoms with Crippen molar-refractivity contribution in [3.05, 3.63) is 29.3 Å². The third-order valence-electron chi connectivity index (χ3n) is 5.56. The van der Waals surface area contributed by atoms with Crippen LogP contribution in [0.15, 0.2) is 24.3 Å². The van der Waals surface area contributed by atoms with Gasteiger partial charge in [-0.3, -0.25) is 9.59 Å². The number of fused-ring (bicyclic) bond motifs is 1. The molecule has 4 atom stereocenters. The van der Waals surface area contributed by atoms with Crippen LogP contribution in [0.5, 0.6) is 5.75 Å². The number of carbonyl (C=O) groups excluding carboxylic acids is 2. The van der Waals surface area contributed by atoms with Crippen molar-refractivity contribution in [1.82, 2.24) is 10.6 Å². The van der Waals surface area contributed by atoms with Gasteiger partial charge in [-0.05, 0) is 62.8 Å². The first-order chi connectivity index (χ1) is 14.0. The normalized spacial score (nSPS) is 25.4. The Hall–Kier alpha value is -2.00. The van der Waals surface area contributed by atoms with E-state index in [9.17, 15) is 22.8 Å². The Kier molecular flexibility index (Phi) is 6.52. The highest BCUT2D eigenvalue weighted by Crippen LogP contribution is 2.51. The lowest BCUT2D eigenvalue weighted by molar-refractivity contribution is -0.261. The average Bonchev–Trinajstić information content (AvgIpc) is 3.38. The Bertz CT molecular complexity index is 785. The van der Waals surface area contributed by atoms with Crippen LogP contribution >= 0.6 is 11.6 Å². The smallest absolute Gasteiger partial charge is 0.416 e. The predicted molar refractivity (Wildman–Crippen MR) is 103 cm³/mol. The quantitative estimate of drug-likeness (QED) is 0.640. The number of nitrogens with one attached hydrogen (secondary N) is 2. The molecular formula is C20H24ClF3N2O4. The number of alkyl halides is 3. The number of benzene rings is 1. The van der Waals surface area contributed by atoms with E-state index in [4.69, 9.17) is 21.1 Å². The van der Waals surface area contributed by atoms with Crippen LogP contribution in [0.4, 0.5) is 13.2 Å². The second-order valence-corrected chi connectivity index (χ2v) is 8.62.